The minimum atomic E-state index is -3.62. The number of carbonyl (C=O) groups is 2. The van der Waals surface area contributed by atoms with E-state index in [0.717, 1.165) is 81.7 Å². The third-order valence-corrected chi connectivity index (χ3v) is 10.7. The number of carbonyl (C=O) groups excluding carboxylic acids is 2. The summed E-state index contributed by atoms with van der Waals surface area (Å²) in [6, 6.07) is 6.09. The number of likely N-dealkylation sites (N-methyl/N-ethyl adjacent to an activating group) is 1. The van der Waals surface area contributed by atoms with E-state index in [0.29, 0.717) is 29.2 Å². The number of nitrogens with zero attached hydrogens (tertiary/aromatic N) is 3. The van der Waals surface area contributed by atoms with E-state index in [-0.39, 0.29) is 16.7 Å². The van der Waals surface area contributed by atoms with Crippen LogP contribution in [0.4, 0.5) is 5.00 Å². The molecule has 0 saturated carbocycles. The highest BCUT2D eigenvalue weighted by molar-refractivity contribution is 7.89. The molecule has 0 atom stereocenters. The van der Waals surface area contributed by atoms with Crippen LogP contribution in [0.15, 0.2) is 29.2 Å². The lowest BCUT2D eigenvalue weighted by Crippen LogP contribution is -2.37. The van der Waals surface area contributed by atoms with E-state index >= 15 is 0 Å². The second-order valence-electron chi connectivity index (χ2n) is 10.0. The molecule has 1 saturated heterocycles. The summed E-state index contributed by atoms with van der Waals surface area (Å²) in [7, 11) is -3.62. The first-order valence-electron chi connectivity index (χ1n) is 13.9. The fourth-order valence-corrected chi connectivity index (χ4v) is 7.95. The zero-order valence-electron chi connectivity index (χ0n) is 22.8. The Labute approximate surface area is 231 Å². The molecule has 38 heavy (non-hydrogen) atoms. The van der Waals surface area contributed by atoms with Crippen molar-refractivity contribution in [3.8, 4) is 0 Å². The second kappa shape index (κ2) is 12.7. The number of benzene rings is 1. The van der Waals surface area contributed by atoms with Gasteiger partial charge in [0.05, 0.1) is 10.5 Å². The number of unbranched alkanes of at least 4 members (excludes halogenated alkanes) is 1. The first-order chi connectivity index (χ1) is 18.3. The van der Waals surface area contributed by atoms with Gasteiger partial charge in [0.1, 0.15) is 5.00 Å². The Hall–Kier alpha value is -2.27. The summed E-state index contributed by atoms with van der Waals surface area (Å²) in [6.07, 6.45) is 5.66. The maximum Gasteiger partial charge on any atom is 0.257 e. The van der Waals surface area contributed by atoms with Crippen molar-refractivity contribution in [2.45, 2.75) is 70.7 Å². The van der Waals surface area contributed by atoms with Crippen LogP contribution in [0.25, 0.3) is 0 Å². The molecule has 0 radical (unpaired) electrons. The molecule has 3 heterocycles. The zero-order valence-corrected chi connectivity index (χ0v) is 24.4. The van der Waals surface area contributed by atoms with Crippen molar-refractivity contribution in [1.82, 2.24) is 14.1 Å². The first-order valence-corrected chi connectivity index (χ1v) is 16.1. The number of fused-ring (bicyclic) bond motifs is 1. The number of likely N-dealkylation sites (tertiary alicyclic amines) is 1. The van der Waals surface area contributed by atoms with Gasteiger partial charge in [-0.3, -0.25) is 14.5 Å². The Morgan fingerprint density at radius 3 is 2.37 bits per heavy atom. The highest BCUT2D eigenvalue weighted by Crippen LogP contribution is 2.38. The van der Waals surface area contributed by atoms with E-state index < -0.39 is 10.0 Å². The summed E-state index contributed by atoms with van der Waals surface area (Å²) < 4.78 is 27.6. The van der Waals surface area contributed by atoms with Gasteiger partial charge in [-0.15, -0.1) is 11.3 Å². The van der Waals surface area contributed by atoms with Gasteiger partial charge < -0.3 is 10.2 Å². The third kappa shape index (κ3) is 6.14. The predicted octanol–water partition coefficient (Wildman–Crippen LogP) is 4.82. The molecule has 8 nitrogen and oxygen atoms in total. The fraction of sp³-hybridized carbons (Fsp3) is 0.571. The van der Waals surface area contributed by atoms with E-state index in [1.165, 1.54) is 27.8 Å². The van der Waals surface area contributed by atoms with E-state index in [2.05, 4.69) is 17.1 Å². The van der Waals surface area contributed by atoms with Gasteiger partial charge >= 0.3 is 0 Å². The normalized spacial score (nSPS) is 16.5. The van der Waals surface area contributed by atoms with E-state index in [4.69, 9.17) is 0 Å². The third-order valence-electron chi connectivity index (χ3n) is 7.54. The Balaban J connectivity index is 1.57. The second-order valence-corrected chi connectivity index (χ2v) is 13.1. The van der Waals surface area contributed by atoms with Crippen LogP contribution in [-0.2, 0) is 23.0 Å². The number of hydrogen-bond donors (Lipinski definition) is 1. The number of thiophene rings is 1. The van der Waals surface area contributed by atoms with Crippen molar-refractivity contribution < 1.29 is 18.0 Å². The lowest BCUT2D eigenvalue weighted by molar-refractivity contribution is 0.0724. The standard InChI is InChI=1S/C28H40N4O4S2/c1-4-7-18-32(6-3)38(35,36)22-13-11-21(12-14-22)26(33)29-27-25(28(34)31-16-9-8-10-17-31)23-15-19-30(5-2)20-24(23)37-27/h11-14H,4-10,15-20H2,1-3H3,(H,29,33). The molecule has 2 aliphatic heterocycles. The monoisotopic (exact) mass is 560 g/mol. The highest BCUT2D eigenvalue weighted by Gasteiger charge is 2.31. The van der Waals surface area contributed by atoms with Gasteiger partial charge in [-0.05, 0) is 68.5 Å². The van der Waals surface area contributed by atoms with Crippen LogP contribution < -0.4 is 5.32 Å². The number of piperidine rings is 1. The minimum Gasteiger partial charge on any atom is -0.339 e. The Morgan fingerprint density at radius 1 is 1.03 bits per heavy atom. The van der Waals surface area contributed by atoms with Crippen molar-refractivity contribution in [3.63, 3.8) is 0 Å². The average Bonchev–Trinajstić information content (AvgIpc) is 3.30. The van der Waals surface area contributed by atoms with Gasteiger partial charge in [0, 0.05) is 49.7 Å². The SMILES string of the molecule is CCCCN(CC)S(=O)(=O)c1ccc(C(=O)Nc2sc3c(c2C(=O)N2CCCCC2)CCN(CC)C3)cc1. The van der Waals surface area contributed by atoms with Gasteiger partial charge in [-0.25, -0.2) is 8.42 Å². The molecule has 1 aromatic heterocycles. The molecular weight excluding hydrogens is 520 g/mol. The largest absolute Gasteiger partial charge is 0.339 e. The van der Waals surface area contributed by atoms with Crippen molar-refractivity contribution in [1.29, 1.82) is 0 Å². The summed E-state index contributed by atoms with van der Waals surface area (Å²) in [5.41, 5.74) is 2.07. The topological polar surface area (TPSA) is 90.0 Å². The van der Waals surface area contributed by atoms with Crippen molar-refractivity contribution >= 4 is 38.2 Å². The molecule has 0 unspecified atom stereocenters. The summed E-state index contributed by atoms with van der Waals surface area (Å²) in [6.45, 7) is 11.0. The van der Waals surface area contributed by atoms with Gasteiger partial charge in [0.25, 0.3) is 11.8 Å². The van der Waals surface area contributed by atoms with Gasteiger partial charge in [0.15, 0.2) is 0 Å². The Bertz CT molecular complexity index is 1230. The van der Waals surface area contributed by atoms with Crippen molar-refractivity contribution in [3.05, 3.63) is 45.8 Å². The van der Waals surface area contributed by atoms with Crippen LogP contribution in [0, 0.1) is 0 Å². The van der Waals surface area contributed by atoms with Crippen LogP contribution in [0.2, 0.25) is 0 Å². The fourth-order valence-electron chi connectivity index (χ4n) is 5.18. The summed E-state index contributed by atoms with van der Waals surface area (Å²) in [4.78, 5) is 32.5. The number of hydrogen-bond acceptors (Lipinski definition) is 6. The molecule has 2 aromatic rings. The number of anilines is 1. The molecule has 10 heteroatoms. The molecule has 1 fully saturated rings. The maximum absolute atomic E-state index is 13.6. The van der Waals surface area contributed by atoms with Crippen molar-refractivity contribution in [2.75, 3.05) is 44.6 Å². The lowest BCUT2D eigenvalue weighted by Gasteiger charge is -2.29. The van der Waals surface area contributed by atoms with Crippen LogP contribution >= 0.6 is 11.3 Å². The van der Waals surface area contributed by atoms with Crippen LogP contribution in [0.1, 0.15) is 84.0 Å². The van der Waals surface area contributed by atoms with Gasteiger partial charge in [-0.1, -0.05) is 27.2 Å². The number of nitrogens with one attached hydrogen (secondary N) is 1. The molecule has 4 rings (SSSR count). The Morgan fingerprint density at radius 2 is 1.74 bits per heavy atom. The quantitative estimate of drug-likeness (QED) is 0.450. The molecule has 2 aliphatic rings. The zero-order chi connectivity index (χ0) is 27.3. The molecule has 208 valence electrons. The summed E-state index contributed by atoms with van der Waals surface area (Å²) in [5.74, 6) is -0.332. The summed E-state index contributed by atoms with van der Waals surface area (Å²) in [5, 5.41) is 3.61. The van der Waals surface area contributed by atoms with Crippen LogP contribution in [0.3, 0.4) is 0 Å². The maximum atomic E-state index is 13.6. The molecule has 0 bridgehead atoms. The first kappa shape index (κ1) is 28.7. The predicted molar refractivity (Wildman–Crippen MR) is 152 cm³/mol. The average molecular weight is 561 g/mol. The molecule has 0 spiro atoms. The number of amides is 2. The molecule has 1 N–H and O–H groups in total. The molecule has 0 aliphatic carbocycles. The highest BCUT2D eigenvalue weighted by atomic mass is 32.2. The number of sulfonamides is 1. The van der Waals surface area contributed by atoms with E-state index in [1.807, 2.05) is 18.7 Å². The minimum absolute atomic E-state index is 0.00984. The van der Waals surface area contributed by atoms with Crippen molar-refractivity contribution in [2.24, 2.45) is 0 Å². The van der Waals surface area contributed by atoms with Crippen LogP contribution in [-0.4, -0.2) is 73.6 Å². The van der Waals surface area contributed by atoms with E-state index in [1.54, 1.807) is 12.1 Å². The number of rotatable bonds is 10. The Kier molecular flexibility index (Phi) is 9.62. The molecule has 1 aromatic carbocycles. The summed E-state index contributed by atoms with van der Waals surface area (Å²) >= 11 is 1.49. The van der Waals surface area contributed by atoms with E-state index in [9.17, 15) is 18.0 Å². The smallest absolute Gasteiger partial charge is 0.257 e. The molecular formula is C28H40N4O4S2. The van der Waals surface area contributed by atoms with Gasteiger partial charge in [0.2, 0.25) is 10.0 Å². The van der Waals surface area contributed by atoms with Gasteiger partial charge in [-0.2, -0.15) is 4.31 Å². The molecule has 2 amide bonds. The van der Waals surface area contributed by atoms with Crippen LogP contribution in [0.5, 0.6) is 0 Å². The lowest BCUT2D eigenvalue weighted by atomic mass is 10.0.